The molecule has 1 aliphatic rings. The number of anilines is 1. The number of fused-ring (bicyclic) bond motifs is 1. The van der Waals surface area contributed by atoms with Crippen molar-refractivity contribution in [1.29, 1.82) is 0 Å². The number of hydrogen-bond donors (Lipinski definition) is 1. The molecule has 1 fully saturated rings. The Morgan fingerprint density at radius 1 is 1.32 bits per heavy atom. The minimum Gasteiger partial charge on any atom is -0.497 e. The van der Waals surface area contributed by atoms with Crippen LogP contribution in [0.15, 0.2) is 40.5 Å². The smallest absolute Gasteiger partial charge is 0.219 e. The predicted octanol–water partition coefficient (Wildman–Crippen LogP) is 4.43. The summed E-state index contributed by atoms with van der Waals surface area (Å²) >= 11 is 3.96. The van der Waals surface area contributed by atoms with Crippen molar-refractivity contribution in [2.45, 2.75) is 42.8 Å². The summed E-state index contributed by atoms with van der Waals surface area (Å²) in [6, 6.07) is 8.03. The highest BCUT2D eigenvalue weighted by atomic mass is 127. The third-order valence-corrected chi connectivity index (χ3v) is 8.18. The number of aromatic nitrogens is 3. The van der Waals surface area contributed by atoms with Gasteiger partial charge in [-0.2, -0.15) is 0 Å². The van der Waals surface area contributed by atoms with Gasteiger partial charge < -0.3 is 19.9 Å². The van der Waals surface area contributed by atoms with E-state index in [2.05, 4.69) is 32.1 Å². The van der Waals surface area contributed by atoms with E-state index >= 15 is 0 Å². The molecule has 1 saturated heterocycles. The van der Waals surface area contributed by atoms with E-state index in [1.54, 1.807) is 32.0 Å². The maximum absolute atomic E-state index is 11.6. The van der Waals surface area contributed by atoms with Gasteiger partial charge >= 0.3 is 0 Å². The molecule has 4 rings (SSSR count). The highest BCUT2D eigenvalue weighted by Crippen LogP contribution is 2.36. The summed E-state index contributed by atoms with van der Waals surface area (Å²) in [6.45, 7) is 4.21. The highest BCUT2D eigenvalue weighted by molar-refractivity contribution is 14.1. The zero-order chi connectivity index (χ0) is 22.0. The van der Waals surface area contributed by atoms with Crippen LogP contribution in [0.2, 0.25) is 0 Å². The van der Waals surface area contributed by atoms with E-state index in [1.165, 1.54) is 0 Å². The van der Waals surface area contributed by atoms with E-state index in [0.717, 1.165) is 69.3 Å². The van der Waals surface area contributed by atoms with Crippen molar-refractivity contribution in [3.05, 3.63) is 34.0 Å². The Morgan fingerprint density at radius 3 is 2.81 bits per heavy atom. The fraction of sp³-hybridized carbons (Fsp3) is 0.409. The number of aryl methyl sites for hydroxylation is 1. The number of carbonyl (C=O) groups excluding carboxylic acids is 1. The number of rotatable bonds is 6. The van der Waals surface area contributed by atoms with Crippen molar-refractivity contribution in [2.24, 2.45) is 5.92 Å². The second kappa shape index (κ2) is 9.64. The molecule has 2 aromatic heterocycles. The minimum absolute atomic E-state index is 0.175. The van der Waals surface area contributed by atoms with E-state index < -0.39 is 0 Å². The number of carbonyl (C=O) groups is 1. The van der Waals surface area contributed by atoms with Gasteiger partial charge in [0.1, 0.15) is 11.3 Å². The van der Waals surface area contributed by atoms with Crippen LogP contribution in [-0.2, 0) is 11.3 Å². The molecule has 0 aliphatic carbocycles. The summed E-state index contributed by atoms with van der Waals surface area (Å²) in [7, 11) is 1.68. The Morgan fingerprint density at radius 2 is 2.10 bits per heavy atom. The third kappa shape index (κ3) is 4.92. The SMILES string of the molecule is COc1ccc(I)c(Sc2nc3c(N)nccc3n2CCC2CCN(C(C)=O)CC2)c1. The molecule has 31 heavy (non-hydrogen) atoms. The number of halogens is 1. The summed E-state index contributed by atoms with van der Waals surface area (Å²) in [4.78, 5) is 23.7. The van der Waals surface area contributed by atoms with E-state index in [4.69, 9.17) is 15.5 Å². The Balaban J connectivity index is 1.59. The lowest BCUT2D eigenvalue weighted by atomic mass is 9.93. The Labute approximate surface area is 199 Å². The van der Waals surface area contributed by atoms with E-state index in [0.29, 0.717) is 11.7 Å². The lowest BCUT2D eigenvalue weighted by Crippen LogP contribution is -2.37. The average Bonchev–Trinajstić information content (AvgIpc) is 3.12. The number of pyridine rings is 1. The van der Waals surface area contributed by atoms with E-state index in [-0.39, 0.29) is 5.91 Å². The number of benzene rings is 1. The fourth-order valence-electron chi connectivity index (χ4n) is 3.98. The van der Waals surface area contributed by atoms with Crippen molar-refractivity contribution in [3.63, 3.8) is 0 Å². The third-order valence-electron chi connectivity index (χ3n) is 5.82. The van der Waals surface area contributed by atoms with Gasteiger partial charge in [-0.15, -0.1) is 0 Å². The number of nitrogen functional groups attached to an aromatic ring is 1. The van der Waals surface area contributed by atoms with Gasteiger partial charge in [0.15, 0.2) is 11.0 Å². The summed E-state index contributed by atoms with van der Waals surface area (Å²) in [5.41, 5.74) is 7.89. The summed E-state index contributed by atoms with van der Waals surface area (Å²) in [5, 5.41) is 0.905. The monoisotopic (exact) mass is 551 g/mol. The molecule has 0 atom stereocenters. The van der Waals surface area contributed by atoms with Crippen molar-refractivity contribution >= 4 is 57.1 Å². The predicted molar refractivity (Wildman–Crippen MR) is 131 cm³/mol. The van der Waals surface area contributed by atoms with Crippen LogP contribution >= 0.6 is 34.4 Å². The van der Waals surface area contributed by atoms with Crippen LogP contribution in [-0.4, -0.2) is 45.5 Å². The van der Waals surface area contributed by atoms with Gasteiger partial charge in [0.2, 0.25) is 5.91 Å². The highest BCUT2D eigenvalue weighted by Gasteiger charge is 2.22. The number of ether oxygens (including phenoxy) is 1. The van der Waals surface area contributed by atoms with Crippen LogP contribution < -0.4 is 10.5 Å². The van der Waals surface area contributed by atoms with Gasteiger partial charge in [0.25, 0.3) is 0 Å². The van der Waals surface area contributed by atoms with E-state index in [9.17, 15) is 4.79 Å². The van der Waals surface area contributed by atoms with Crippen LogP contribution in [0.25, 0.3) is 11.0 Å². The largest absolute Gasteiger partial charge is 0.497 e. The summed E-state index contributed by atoms with van der Waals surface area (Å²) in [6.07, 6.45) is 4.88. The molecule has 0 bridgehead atoms. The number of likely N-dealkylation sites (tertiary alicyclic amines) is 1. The molecule has 0 saturated carbocycles. The number of amides is 1. The molecular weight excluding hydrogens is 525 g/mol. The molecule has 3 aromatic rings. The molecule has 164 valence electrons. The maximum Gasteiger partial charge on any atom is 0.219 e. The van der Waals surface area contributed by atoms with Crippen LogP contribution in [0, 0.1) is 9.49 Å². The van der Waals surface area contributed by atoms with E-state index in [1.807, 2.05) is 29.2 Å². The molecule has 2 N–H and O–H groups in total. The second-order valence-corrected chi connectivity index (χ2v) is 9.92. The molecule has 1 amide bonds. The van der Waals surface area contributed by atoms with Crippen LogP contribution in [0.5, 0.6) is 5.75 Å². The molecule has 1 aliphatic heterocycles. The lowest BCUT2D eigenvalue weighted by Gasteiger charge is -2.31. The average molecular weight is 551 g/mol. The number of nitrogens with two attached hydrogens (primary N) is 1. The van der Waals surface area contributed by atoms with Gasteiger partial charge in [0, 0.05) is 41.2 Å². The number of piperidine rings is 1. The van der Waals surface area contributed by atoms with Crippen LogP contribution in [0.4, 0.5) is 5.82 Å². The Kier molecular flexibility index (Phi) is 6.90. The zero-order valence-corrected chi connectivity index (χ0v) is 20.6. The first-order chi connectivity index (χ1) is 15.0. The quantitative estimate of drug-likeness (QED) is 0.457. The second-order valence-electron chi connectivity index (χ2n) is 7.75. The standard InChI is InChI=1S/C22H26IN5O2S/c1-14(29)27-10-6-15(7-11-27)8-12-28-18-5-9-25-21(24)20(18)26-22(28)31-19-13-16(30-2)3-4-17(19)23/h3-5,9,13,15H,6-8,10-12H2,1-2H3,(H2,24,25). The van der Waals surface area contributed by atoms with Crippen molar-refractivity contribution in [1.82, 2.24) is 19.4 Å². The van der Waals surface area contributed by atoms with Crippen molar-refractivity contribution in [2.75, 3.05) is 25.9 Å². The molecule has 7 nitrogen and oxygen atoms in total. The minimum atomic E-state index is 0.175. The van der Waals surface area contributed by atoms with Crippen molar-refractivity contribution < 1.29 is 9.53 Å². The molecule has 3 heterocycles. The molecule has 0 unspecified atom stereocenters. The first kappa shape index (κ1) is 22.2. The number of imidazole rings is 1. The molecule has 0 spiro atoms. The van der Waals surface area contributed by atoms with Gasteiger partial charge in [0.05, 0.1) is 12.6 Å². The number of hydrogen-bond acceptors (Lipinski definition) is 6. The van der Waals surface area contributed by atoms with Crippen LogP contribution in [0.1, 0.15) is 26.2 Å². The Hall–Kier alpha value is -2.01. The zero-order valence-electron chi connectivity index (χ0n) is 17.7. The first-order valence-corrected chi connectivity index (χ1v) is 12.2. The topological polar surface area (TPSA) is 86.3 Å². The first-order valence-electron chi connectivity index (χ1n) is 10.3. The van der Waals surface area contributed by atoms with Gasteiger partial charge in [-0.05, 0) is 72.0 Å². The Bertz CT molecular complexity index is 1090. The summed E-state index contributed by atoms with van der Waals surface area (Å²) in [5.74, 6) is 2.05. The normalized spacial score (nSPS) is 14.9. The van der Waals surface area contributed by atoms with Gasteiger partial charge in [-0.3, -0.25) is 4.79 Å². The molecule has 0 radical (unpaired) electrons. The molecule has 9 heteroatoms. The summed E-state index contributed by atoms with van der Waals surface area (Å²) < 4.78 is 8.80. The van der Waals surface area contributed by atoms with Gasteiger partial charge in [-0.1, -0.05) is 11.8 Å². The number of nitrogens with zero attached hydrogens (tertiary/aromatic N) is 4. The lowest BCUT2D eigenvalue weighted by molar-refractivity contribution is -0.130. The fourth-order valence-corrected chi connectivity index (χ4v) is 5.62. The van der Waals surface area contributed by atoms with Crippen molar-refractivity contribution in [3.8, 4) is 5.75 Å². The number of methoxy groups -OCH3 is 1. The maximum atomic E-state index is 11.6. The van der Waals surface area contributed by atoms with Crippen LogP contribution in [0.3, 0.4) is 0 Å². The molecule has 1 aromatic carbocycles. The molecular formula is C22H26IN5O2S. The van der Waals surface area contributed by atoms with Gasteiger partial charge in [-0.25, -0.2) is 9.97 Å².